The molecule has 0 bridgehead atoms. The number of rotatable bonds is 14. The highest BCUT2D eigenvalue weighted by molar-refractivity contribution is 7.13. The number of β-amino-alcohol motifs (C(OH)–C–C–N with tert-alkyl or cyclic N) is 1. The number of hydrogen-bond donors (Lipinski definition) is 4. The molecule has 6 heterocycles. The van der Waals surface area contributed by atoms with Crippen LogP contribution in [-0.4, -0.2) is 120 Å². The molecule has 3 fully saturated rings. The molecule has 0 spiro atoms. The van der Waals surface area contributed by atoms with Crippen LogP contribution < -0.4 is 26.4 Å². The molecule has 72 heavy (non-hydrogen) atoms. The maximum atomic E-state index is 14.0. The van der Waals surface area contributed by atoms with Gasteiger partial charge in [0.25, 0.3) is 11.5 Å². The van der Waals surface area contributed by atoms with Crippen molar-refractivity contribution in [2.24, 2.45) is 5.41 Å². The number of pyridine rings is 2. The highest BCUT2D eigenvalue weighted by Gasteiger charge is 2.44. The second-order valence-electron chi connectivity index (χ2n) is 20.0. The molecule has 0 radical (unpaired) electrons. The number of aliphatic hydroxyl groups excluding tert-OH is 1. The lowest BCUT2D eigenvalue weighted by Gasteiger charge is -2.36. The fourth-order valence-electron chi connectivity index (χ4n) is 9.86. The molecule has 378 valence electrons. The summed E-state index contributed by atoms with van der Waals surface area (Å²) in [6.45, 7) is 13.1. The van der Waals surface area contributed by atoms with Crippen LogP contribution in [0.1, 0.15) is 112 Å². The number of fused-ring (bicyclic) bond motifs is 1. The van der Waals surface area contributed by atoms with E-state index in [4.69, 9.17) is 4.98 Å². The van der Waals surface area contributed by atoms with Crippen LogP contribution in [0.3, 0.4) is 0 Å². The largest absolute Gasteiger partial charge is 0.391 e. The molecule has 4 amide bonds. The van der Waals surface area contributed by atoms with Crippen LogP contribution in [-0.2, 0) is 25.7 Å². The normalized spacial score (nSPS) is 17.6. The first-order chi connectivity index (χ1) is 34.5. The average molecular weight is 998 g/mol. The number of anilines is 3. The Kier molecular flexibility index (Phi) is 15.8. The third-order valence-corrected chi connectivity index (χ3v) is 14.8. The summed E-state index contributed by atoms with van der Waals surface area (Å²) in [5, 5.41) is 20.1. The molecule has 0 unspecified atom stereocenters. The van der Waals surface area contributed by atoms with Crippen molar-refractivity contribution in [2.75, 3.05) is 42.9 Å². The van der Waals surface area contributed by atoms with Crippen LogP contribution in [0, 0.1) is 31.1 Å². The van der Waals surface area contributed by atoms with E-state index in [1.807, 2.05) is 69.0 Å². The number of nitrogens with zero attached hydrogens (tertiary/aromatic N) is 8. The van der Waals surface area contributed by atoms with E-state index < -0.39 is 35.4 Å². The number of aliphatic hydroxyl groups is 1. The van der Waals surface area contributed by atoms with Gasteiger partial charge in [-0.1, -0.05) is 63.8 Å². The molecule has 1 saturated carbocycles. The Labute approximate surface area is 423 Å². The fourth-order valence-corrected chi connectivity index (χ4v) is 10.7. The first kappa shape index (κ1) is 51.3. The lowest BCUT2D eigenvalue weighted by molar-refractivity contribution is -0.143. The molecule has 8 rings (SSSR count). The second-order valence-corrected chi connectivity index (χ2v) is 20.9. The van der Waals surface area contributed by atoms with Gasteiger partial charge in [0.15, 0.2) is 5.78 Å². The molecule has 5 aromatic rings. The number of hydrogen-bond acceptors (Lipinski definition) is 14. The standard InChI is InChI=1S/C53H63N11O7S/c1-32-40-29-56-52(60-48(40)64(37-12-10-11-13-37)50(70)45(32)34(3)65)58-42-21-20-38(28-54-42)61-22-24-62(25-23-61)44(68)15-9-7-8-14-43(67)59-47(53(4,5)6)51(71)63-30-39(66)26-41(63)49(69)55-27-35-16-18-36(19-17-35)46-33(2)57-31-72-46/h16-21,28-29,31,37,39,41,47,66H,7,9-13,15,22-27,30H2,1-6H3,(H,55,69)(H,59,67)(H,54,56,58,60)/t39-,41+,47-/m1/s1. The Morgan fingerprint density at radius 1 is 0.944 bits per heavy atom. The smallest absolute Gasteiger partial charge is 0.296 e. The molecule has 18 nitrogen and oxygen atoms in total. The number of carbonyl (C=O) groups excluding carboxylic acids is 5. The first-order valence-electron chi connectivity index (χ1n) is 24.7. The van der Waals surface area contributed by atoms with Crippen LogP contribution in [0.2, 0.25) is 0 Å². The maximum Gasteiger partial charge on any atom is 0.296 e. The van der Waals surface area contributed by atoms with Gasteiger partial charge in [-0.2, -0.15) is 4.98 Å². The summed E-state index contributed by atoms with van der Waals surface area (Å²) in [6.07, 6.45) is 7.35. The Bertz CT molecular complexity index is 2960. The minimum absolute atomic E-state index is 0.00435. The monoisotopic (exact) mass is 997 g/mol. The average Bonchev–Trinajstić information content (AvgIpc) is 4.14. The van der Waals surface area contributed by atoms with Crippen molar-refractivity contribution in [3.63, 3.8) is 0 Å². The van der Waals surface area contributed by atoms with E-state index in [2.05, 4.69) is 47.6 Å². The predicted octanol–water partition coefficient (Wildman–Crippen LogP) is 5.62. The van der Waals surface area contributed by atoms with Crippen molar-refractivity contribution in [3.8, 4) is 22.3 Å². The minimum Gasteiger partial charge on any atom is -0.391 e. The first-order valence-corrected chi connectivity index (χ1v) is 25.6. The summed E-state index contributed by atoms with van der Waals surface area (Å²) in [5.74, 6) is 4.48. The number of Topliss-reactive ketones (excluding diaryl/α,β-unsaturated/α-hetero) is 1. The van der Waals surface area contributed by atoms with Crippen molar-refractivity contribution in [1.29, 1.82) is 0 Å². The highest BCUT2D eigenvalue weighted by atomic mass is 32.1. The van der Waals surface area contributed by atoms with Crippen molar-refractivity contribution in [2.45, 2.75) is 124 Å². The summed E-state index contributed by atoms with van der Waals surface area (Å²) in [6, 6.07) is 9.66. The van der Waals surface area contributed by atoms with Gasteiger partial charge < -0.3 is 35.8 Å². The summed E-state index contributed by atoms with van der Waals surface area (Å²) in [7, 11) is 0. The molecule has 3 aliphatic rings. The van der Waals surface area contributed by atoms with Crippen LogP contribution in [0.5, 0.6) is 0 Å². The van der Waals surface area contributed by atoms with E-state index in [1.54, 1.807) is 40.7 Å². The van der Waals surface area contributed by atoms with E-state index in [1.165, 1.54) is 11.8 Å². The summed E-state index contributed by atoms with van der Waals surface area (Å²) in [5.41, 5.74) is 5.81. The van der Waals surface area contributed by atoms with E-state index in [0.717, 1.165) is 53.1 Å². The van der Waals surface area contributed by atoms with Gasteiger partial charge >= 0.3 is 0 Å². The van der Waals surface area contributed by atoms with Crippen LogP contribution in [0.15, 0.2) is 59.1 Å². The van der Waals surface area contributed by atoms with E-state index in [9.17, 15) is 33.9 Å². The number of aromatic nitrogens is 5. The van der Waals surface area contributed by atoms with Gasteiger partial charge in [0.05, 0.1) is 39.6 Å². The molecule has 1 aromatic carbocycles. The van der Waals surface area contributed by atoms with E-state index in [0.29, 0.717) is 67.4 Å². The Hall–Kier alpha value is -7.04. The Balaban J connectivity index is 0.782. The Morgan fingerprint density at radius 2 is 1.68 bits per heavy atom. The number of likely N-dealkylation sites (tertiary alicyclic amines) is 1. The summed E-state index contributed by atoms with van der Waals surface area (Å²) >= 11 is 1.57. The van der Waals surface area contributed by atoms with Crippen LogP contribution in [0.25, 0.3) is 21.5 Å². The molecule has 3 atom stereocenters. The third-order valence-electron chi connectivity index (χ3n) is 13.8. The number of thiazole rings is 1. The van der Waals surface area contributed by atoms with Crippen molar-refractivity contribution >= 4 is 69.2 Å². The molecular weight excluding hydrogens is 935 g/mol. The SMILES string of the molecule is CC(=O)c1c(C)c2cnc(Nc3ccc(N4CCN(C(=O)CCCC#CC(=O)N[C@H](C(=O)N5C[C@H](O)C[C@H]5C(=O)NCc5ccc(-c6scnc6C)cc5)C(C)(C)C)CC4)cn3)nc2n(C2CCCC2)c1=O. The number of aryl methyl sites for hydroxylation is 2. The van der Waals surface area contributed by atoms with Gasteiger partial charge in [-0.3, -0.25) is 33.3 Å². The zero-order valence-corrected chi connectivity index (χ0v) is 42.6. The molecule has 19 heteroatoms. The van der Waals surface area contributed by atoms with Crippen molar-refractivity contribution in [3.05, 3.63) is 87.0 Å². The fraction of sp³-hybridized carbons (Fsp3) is 0.472. The second kappa shape index (κ2) is 22.2. The lowest BCUT2D eigenvalue weighted by atomic mass is 9.85. The zero-order valence-electron chi connectivity index (χ0n) is 41.8. The van der Waals surface area contributed by atoms with Crippen molar-refractivity contribution < 1.29 is 29.1 Å². The van der Waals surface area contributed by atoms with E-state index in [-0.39, 0.29) is 60.7 Å². The maximum absolute atomic E-state index is 14.0. The number of piperazine rings is 1. The zero-order chi connectivity index (χ0) is 51.3. The molecule has 2 saturated heterocycles. The topological polar surface area (TPSA) is 225 Å². The molecule has 2 aliphatic heterocycles. The van der Waals surface area contributed by atoms with Crippen LogP contribution in [0.4, 0.5) is 17.5 Å². The number of amides is 4. The Morgan fingerprint density at radius 3 is 2.33 bits per heavy atom. The van der Waals surface area contributed by atoms with Gasteiger partial charge in [0.2, 0.25) is 23.7 Å². The number of unbranched alkanes of at least 4 members (excludes halogenated alkanes) is 1. The highest BCUT2D eigenvalue weighted by Crippen LogP contribution is 2.33. The summed E-state index contributed by atoms with van der Waals surface area (Å²) < 4.78 is 1.68. The molecule has 4 aromatic heterocycles. The van der Waals surface area contributed by atoms with Gasteiger partial charge in [-0.05, 0) is 80.2 Å². The number of carbonyl (C=O) groups is 5. The number of nitrogens with one attached hydrogen (secondary N) is 3. The quantitative estimate of drug-likeness (QED) is 0.0603. The number of ketones is 1. The van der Waals surface area contributed by atoms with Gasteiger partial charge in [-0.25, -0.2) is 15.0 Å². The van der Waals surface area contributed by atoms with Gasteiger partial charge in [-0.15, -0.1) is 11.3 Å². The molecule has 1 aliphatic carbocycles. The number of benzene rings is 1. The van der Waals surface area contributed by atoms with Crippen LogP contribution >= 0.6 is 11.3 Å². The molecule has 4 N–H and O–H groups in total. The predicted molar refractivity (Wildman–Crippen MR) is 276 cm³/mol. The minimum atomic E-state index is -1.02. The third kappa shape index (κ3) is 11.7. The van der Waals surface area contributed by atoms with Crippen molar-refractivity contribution in [1.82, 2.24) is 44.9 Å². The van der Waals surface area contributed by atoms with Gasteiger partial charge in [0.1, 0.15) is 23.5 Å². The van der Waals surface area contributed by atoms with E-state index >= 15 is 0 Å². The molecular formula is C53H63N11O7S. The lowest BCUT2D eigenvalue weighted by Crippen LogP contribution is -2.57. The van der Waals surface area contributed by atoms with Gasteiger partial charge in [0, 0.05) is 76.2 Å². The summed E-state index contributed by atoms with van der Waals surface area (Å²) in [4.78, 5) is 104.